The van der Waals surface area contributed by atoms with Crippen molar-refractivity contribution in [1.82, 2.24) is 5.32 Å². The lowest BCUT2D eigenvalue weighted by atomic mass is 10.0. The van der Waals surface area contributed by atoms with Crippen LogP contribution in [-0.4, -0.2) is 18.9 Å². The lowest BCUT2D eigenvalue weighted by molar-refractivity contribution is -0.119. The van der Waals surface area contributed by atoms with Gasteiger partial charge in [0.15, 0.2) is 0 Å². The second-order valence-electron chi connectivity index (χ2n) is 2.62. The van der Waals surface area contributed by atoms with E-state index < -0.39 is 0 Å². The molecule has 0 unspecified atom stereocenters. The minimum atomic E-state index is 0. The van der Waals surface area contributed by atoms with Gasteiger partial charge >= 0.3 is 0 Å². The first-order valence-electron chi connectivity index (χ1n) is 3.27. The Morgan fingerprint density at radius 3 is 1.80 bits per heavy atom. The summed E-state index contributed by atoms with van der Waals surface area (Å²) in [5.74, 6) is 0.611. The molecule has 0 aromatic heterocycles. The third-order valence-electron chi connectivity index (χ3n) is 1.42. The summed E-state index contributed by atoms with van der Waals surface area (Å²) in [6, 6.07) is 0.0324. The van der Waals surface area contributed by atoms with Gasteiger partial charge in [0.2, 0.25) is 0 Å². The van der Waals surface area contributed by atoms with E-state index in [1.54, 1.807) is 6.92 Å². The van der Waals surface area contributed by atoms with Gasteiger partial charge in [-0.25, -0.2) is 0 Å². The van der Waals surface area contributed by atoms with E-state index in [-0.39, 0.29) is 19.3 Å². The van der Waals surface area contributed by atoms with Crippen molar-refractivity contribution in [2.45, 2.75) is 34.2 Å². The molecule has 0 spiro atoms. The van der Waals surface area contributed by atoms with Gasteiger partial charge < -0.3 is 5.32 Å². The van der Waals surface area contributed by atoms with E-state index in [0.717, 1.165) is 0 Å². The van der Waals surface area contributed by atoms with Gasteiger partial charge in [-0.2, -0.15) is 0 Å². The van der Waals surface area contributed by atoms with Crippen LogP contribution in [0.5, 0.6) is 0 Å². The molecule has 2 heteroatoms. The van der Waals surface area contributed by atoms with Crippen molar-refractivity contribution in [1.29, 1.82) is 0 Å². The summed E-state index contributed by atoms with van der Waals surface area (Å²) >= 11 is 0. The normalized spacial score (nSPS) is 12.5. The van der Waals surface area contributed by atoms with Gasteiger partial charge in [0.05, 0.1) is 6.04 Å². The summed E-state index contributed by atoms with van der Waals surface area (Å²) in [7, 11) is 1.81. The Labute approximate surface area is 64.0 Å². The summed E-state index contributed by atoms with van der Waals surface area (Å²) in [5.41, 5.74) is 0. The average molecular weight is 145 g/mol. The van der Waals surface area contributed by atoms with Crippen molar-refractivity contribution < 1.29 is 4.79 Å². The number of carbonyl (C=O) groups is 1. The van der Waals surface area contributed by atoms with Crippen molar-refractivity contribution in [3.05, 3.63) is 0 Å². The van der Waals surface area contributed by atoms with Gasteiger partial charge in [0.25, 0.3) is 0 Å². The first kappa shape index (κ1) is 12.3. The number of carbonyl (C=O) groups excluding carboxylic acids is 1. The van der Waals surface area contributed by atoms with Crippen LogP contribution in [0.2, 0.25) is 0 Å². The Kier molecular flexibility index (Phi) is 6.67. The third kappa shape index (κ3) is 3.62. The van der Waals surface area contributed by atoms with Gasteiger partial charge in [0, 0.05) is 0 Å². The second-order valence-corrected chi connectivity index (χ2v) is 2.62. The summed E-state index contributed by atoms with van der Waals surface area (Å²) in [6.45, 7) is 5.67. The van der Waals surface area contributed by atoms with Gasteiger partial charge in [-0.05, 0) is 19.9 Å². The molecule has 0 amide bonds. The first-order chi connectivity index (χ1) is 4.09. The highest BCUT2D eigenvalue weighted by Crippen LogP contribution is 2.00. The van der Waals surface area contributed by atoms with Gasteiger partial charge in [-0.15, -0.1) is 0 Å². The van der Waals surface area contributed by atoms with Crippen molar-refractivity contribution in [3.8, 4) is 0 Å². The zero-order valence-electron chi connectivity index (χ0n) is 6.56. The fourth-order valence-corrected chi connectivity index (χ4v) is 1.01. The Bertz CT molecular complexity index is 99.4. The van der Waals surface area contributed by atoms with E-state index >= 15 is 0 Å². The molecule has 0 bridgehead atoms. The monoisotopic (exact) mass is 145 g/mol. The van der Waals surface area contributed by atoms with E-state index in [0.29, 0.717) is 5.92 Å². The van der Waals surface area contributed by atoms with Crippen LogP contribution in [0.25, 0.3) is 0 Å². The third-order valence-corrected chi connectivity index (χ3v) is 1.42. The number of nitrogens with one attached hydrogen (secondary N) is 1. The minimum absolute atomic E-state index is 0. The van der Waals surface area contributed by atoms with Crippen molar-refractivity contribution in [2.75, 3.05) is 7.05 Å². The zero-order chi connectivity index (χ0) is 7.44. The van der Waals surface area contributed by atoms with Crippen LogP contribution in [0.4, 0.5) is 0 Å². The highest BCUT2D eigenvalue weighted by atomic mass is 16.1. The molecule has 0 aromatic rings. The van der Waals surface area contributed by atoms with Crippen molar-refractivity contribution in [2.24, 2.45) is 5.92 Å². The second kappa shape index (κ2) is 5.42. The van der Waals surface area contributed by atoms with Gasteiger partial charge in [-0.1, -0.05) is 21.3 Å². The van der Waals surface area contributed by atoms with Gasteiger partial charge in [0.1, 0.15) is 5.78 Å². The fourth-order valence-electron chi connectivity index (χ4n) is 1.01. The highest BCUT2D eigenvalue weighted by Gasteiger charge is 2.14. The van der Waals surface area contributed by atoms with Crippen LogP contribution in [0.15, 0.2) is 0 Å². The molecule has 0 aliphatic rings. The SMILES string of the molecule is C.CN[C@H](C(C)=O)C(C)C. The van der Waals surface area contributed by atoms with Crippen LogP contribution in [0.1, 0.15) is 28.2 Å². The van der Waals surface area contributed by atoms with Crippen molar-refractivity contribution in [3.63, 3.8) is 0 Å². The number of likely N-dealkylation sites (N-methyl/N-ethyl adjacent to an activating group) is 1. The maximum Gasteiger partial charge on any atom is 0.146 e. The number of Topliss-reactive ketones (excluding diaryl/α,β-unsaturated/α-hetero) is 1. The molecule has 0 aliphatic heterocycles. The number of rotatable bonds is 3. The largest absolute Gasteiger partial charge is 0.310 e. The zero-order valence-corrected chi connectivity index (χ0v) is 6.56. The van der Waals surface area contributed by atoms with Gasteiger partial charge in [-0.3, -0.25) is 4.79 Å². The van der Waals surface area contributed by atoms with Crippen LogP contribution in [0.3, 0.4) is 0 Å². The molecule has 10 heavy (non-hydrogen) atoms. The molecule has 2 nitrogen and oxygen atoms in total. The van der Waals surface area contributed by atoms with Crippen LogP contribution < -0.4 is 5.32 Å². The minimum Gasteiger partial charge on any atom is -0.310 e. The fraction of sp³-hybridized carbons (Fsp3) is 0.875. The van der Waals surface area contributed by atoms with E-state index in [4.69, 9.17) is 0 Å². The quantitative estimate of drug-likeness (QED) is 0.651. The lowest BCUT2D eigenvalue weighted by Gasteiger charge is -2.15. The topological polar surface area (TPSA) is 29.1 Å². The number of hydrogen-bond donors (Lipinski definition) is 1. The molecular weight excluding hydrogens is 126 g/mol. The van der Waals surface area contributed by atoms with Crippen LogP contribution in [0, 0.1) is 5.92 Å². The molecule has 0 rings (SSSR count). The predicted molar refractivity (Wildman–Crippen MR) is 45.1 cm³/mol. The van der Waals surface area contributed by atoms with E-state index in [2.05, 4.69) is 5.32 Å². The van der Waals surface area contributed by atoms with Crippen molar-refractivity contribution >= 4 is 5.78 Å². The van der Waals surface area contributed by atoms with E-state index in [1.165, 1.54) is 0 Å². The van der Waals surface area contributed by atoms with E-state index in [1.807, 2.05) is 20.9 Å². The first-order valence-corrected chi connectivity index (χ1v) is 3.27. The smallest absolute Gasteiger partial charge is 0.146 e. The summed E-state index contributed by atoms with van der Waals surface area (Å²) in [6.07, 6.45) is 0. The molecule has 0 heterocycles. The molecule has 0 aliphatic carbocycles. The molecule has 0 radical (unpaired) electrons. The molecule has 0 saturated carbocycles. The number of hydrogen-bond acceptors (Lipinski definition) is 2. The molecule has 0 aromatic carbocycles. The molecular formula is C8H19NO. The summed E-state index contributed by atoms with van der Waals surface area (Å²) in [4.78, 5) is 10.8. The summed E-state index contributed by atoms with van der Waals surface area (Å²) in [5, 5.41) is 2.95. The predicted octanol–water partition coefficient (Wildman–Crippen LogP) is 1.46. The van der Waals surface area contributed by atoms with E-state index in [9.17, 15) is 4.79 Å². The molecule has 0 fully saturated rings. The van der Waals surface area contributed by atoms with Crippen LogP contribution in [-0.2, 0) is 4.79 Å². The Morgan fingerprint density at radius 2 is 1.80 bits per heavy atom. The highest BCUT2D eigenvalue weighted by molar-refractivity contribution is 5.81. The molecule has 1 N–H and O–H groups in total. The molecule has 1 atom stereocenters. The van der Waals surface area contributed by atoms with Crippen LogP contribution >= 0.6 is 0 Å². The molecule has 0 saturated heterocycles. The lowest BCUT2D eigenvalue weighted by Crippen LogP contribution is -2.36. The Morgan fingerprint density at radius 1 is 1.40 bits per heavy atom. The summed E-state index contributed by atoms with van der Waals surface area (Å²) < 4.78 is 0. The maximum atomic E-state index is 10.8. The maximum absolute atomic E-state index is 10.8. The standard InChI is InChI=1S/C7H15NO.CH4/c1-5(2)7(8-4)6(3)9;/h5,7-8H,1-4H3;1H4/t7-;/m0./s1. The number of ketones is 1. The Hall–Kier alpha value is -0.370. The Balaban J connectivity index is 0. The average Bonchev–Trinajstić information content (AvgIpc) is 1.64. The molecule has 62 valence electrons.